The van der Waals surface area contributed by atoms with Gasteiger partial charge >= 0.3 is 0 Å². The molecule has 1 aliphatic rings. The van der Waals surface area contributed by atoms with Gasteiger partial charge in [-0.15, -0.1) is 0 Å². The first-order valence-electron chi connectivity index (χ1n) is 17.1. The molecule has 284 valence electrons. The Morgan fingerprint density at radius 2 is 1.54 bits per heavy atom. The minimum absolute atomic E-state index is 0.0172. The van der Waals surface area contributed by atoms with Gasteiger partial charge in [-0.25, -0.2) is 8.78 Å². The average Bonchev–Trinajstić information content (AvgIpc) is 3.97. The minimum Gasteiger partial charge on any atom is -0.493 e. The molecule has 3 aromatic carbocycles. The van der Waals surface area contributed by atoms with Crippen molar-refractivity contribution in [2.75, 3.05) is 43.2 Å². The summed E-state index contributed by atoms with van der Waals surface area (Å²) in [6.07, 6.45) is 4.31. The summed E-state index contributed by atoms with van der Waals surface area (Å²) in [7, 11) is 1.49. The maximum atomic E-state index is 15.3. The van der Waals surface area contributed by atoms with E-state index in [0.29, 0.717) is 72.7 Å². The number of rotatable bonds is 18. The van der Waals surface area contributed by atoms with E-state index >= 15 is 4.39 Å². The van der Waals surface area contributed by atoms with Gasteiger partial charge in [0.1, 0.15) is 17.0 Å². The van der Waals surface area contributed by atoms with Crippen LogP contribution in [-0.2, 0) is 24.0 Å². The lowest BCUT2D eigenvalue weighted by molar-refractivity contribution is -0.131. The Morgan fingerprint density at radius 3 is 2.22 bits per heavy atom. The molecule has 1 heterocycles. The molecule has 1 fully saturated rings. The number of ether oxygens (including phenoxy) is 3. The molecular weight excluding hydrogens is 725 g/mol. The molecule has 0 saturated heterocycles. The van der Waals surface area contributed by atoms with E-state index in [4.69, 9.17) is 14.2 Å². The zero-order valence-electron chi connectivity index (χ0n) is 29.6. The van der Waals surface area contributed by atoms with Crippen LogP contribution in [0.3, 0.4) is 0 Å². The number of halogens is 2. The molecule has 0 spiro atoms. The SMILES string of the molecule is COc1cc2c(Oc3ccc(NC(=O)C4(C(=O)Nc5ccc(F)cc5)CC4)cc3F)ccnc2cc1OCCCCCNC(=O)CSC(=O)CNC(C)=O. The number of nitrogens with zero attached hydrogens (tertiary/aromatic N) is 1. The second-order valence-corrected chi connectivity index (χ2v) is 13.4. The molecule has 5 rings (SSSR count). The Bertz CT molecular complexity index is 2030. The summed E-state index contributed by atoms with van der Waals surface area (Å²) in [6, 6.07) is 14.1. The first-order chi connectivity index (χ1) is 26.0. The van der Waals surface area contributed by atoms with Crippen LogP contribution in [0, 0.1) is 17.0 Å². The first kappa shape index (κ1) is 39.4. The summed E-state index contributed by atoms with van der Waals surface area (Å²) < 4.78 is 46.0. The number of amides is 4. The molecule has 0 unspecified atom stereocenters. The van der Waals surface area contributed by atoms with Gasteiger partial charge in [-0.1, -0.05) is 11.8 Å². The summed E-state index contributed by atoms with van der Waals surface area (Å²) in [6.45, 7) is 2.01. The van der Waals surface area contributed by atoms with Gasteiger partial charge < -0.3 is 35.5 Å². The van der Waals surface area contributed by atoms with E-state index in [1.807, 2.05) is 0 Å². The van der Waals surface area contributed by atoms with Gasteiger partial charge in [0.15, 0.2) is 23.1 Å². The van der Waals surface area contributed by atoms with E-state index in [-0.39, 0.29) is 40.7 Å². The van der Waals surface area contributed by atoms with E-state index in [1.54, 1.807) is 18.2 Å². The number of methoxy groups -OCH3 is 1. The highest BCUT2D eigenvalue weighted by atomic mass is 32.2. The molecule has 16 heteroatoms. The second-order valence-electron chi connectivity index (χ2n) is 12.4. The lowest BCUT2D eigenvalue weighted by Gasteiger charge is -2.16. The monoisotopic (exact) mass is 763 g/mol. The topological polar surface area (TPSA) is 174 Å². The predicted molar refractivity (Wildman–Crippen MR) is 199 cm³/mol. The Labute approximate surface area is 313 Å². The number of hydrogen-bond acceptors (Lipinski definition) is 10. The lowest BCUT2D eigenvalue weighted by Crippen LogP contribution is -2.35. The van der Waals surface area contributed by atoms with Gasteiger partial charge in [-0.2, -0.15) is 0 Å². The summed E-state index contributed by atoms with van der Waals surface area (Å²) in [4.78, 5) is 64.8. The van der Waals surface area contributed by atoms with Crippen molar-refractivity contribution >= 4 is 62.8 Å². The Hall–Kier alpha value is -5.77. The summed E-state index contributed by atoms with van der Waals surface area (Å²) in [5.74, 6) is -1.84. The maximum Gasteiger partial charge on any atom is 0.240 e. The van der Waals surface area contributed by atoms with Crippen molar-refractivity contribution in [3.63, 3.8) is 0 Å². The molecule has 0 aliphatic heterocycles. The fourth-order valence-electron chi connectivity index (χ4n) is 5.25. The zero-order chi connectivity index (χ0) is 38.7. The molecule has 4 aromatic rings. The Balaban J connectivity index is 1.11. The lowest BCUT2D eigenvalue weighted by atomic mass is 10.0. The van der Waals surface area contributed by atoms with E-state index in [1.165, 1.54) is 56.6 Å². The van der Waals surface area contributed by atoms with Crippen molar-refractivity contribution < 1.29 is 47.0 Å². The molecular formula is C38H39F2N5O8S. The van der Waals surface area contributed by atoms with Crippen LogP contribution in [0.1, 0.15) is 39.0 Å². The molecule has 1 aliphatic carbocycles. The quantitative estimate of drug-likeness (QED) is 0.0724. The number of carbonyl (C=O) groups is 5. The predicted octanol–water partition coefficient (Wildman–Crippen LogP) is 5.73. The molecule has 1 aromatic heterocycles. The molecule has 0 radical (unpaired) electrons. The van der Waals surface area contributed by atoms with Crippen LogP contribution >= 0.6 is 11.8 Å². The number of thioether (sulfide) groups is 1. The number of hydrogen-bond donors (Lipinski definition) is 4. The fraction of sp³-hybridized carbons (Fsp3) is 0.316. The number of pyridine rings is 1. The minimum atomic E-state index is -1.31. The van der Waals surface area contributed by atoms with Gasteiger partial charge in [0.05, 0.1) is 31.5 Å². The number of anilines is 2. The Morgan fingerprint density at radius 1 is 0.815 bits per heavy atom. The number of aromatic nitrogens is 1. The number of unbranched alkanes of at least 4 members (excludes halogenated alkanes) is 2. The molecule has 54 heavy (non-hydrogen) atoms. The Kier molecular flexibility index (Phi) is 13.4. The highest BCUT2D eigenvalue weighted by Gasteiger charge is 2.56. The number of nitrogens with one attached hydrogen (secondary N) is 4. The number of carbonyl (C=O) groups excluding carboxylic acids is 5. The van der Waals surface area contributed by atoms with Crippen LogP contribution in [0.25, 0.3) is 10.9 Å². The second kappa shape index (κ2) is 18.3. The van der Waals surface area contributed by atoms with Crippen LogP contribution in [0.15, 0.2) is 66.9 Å². The molecule has 4 N–H and O–H groups in total. The van der Waals surface area contributed by atoms with Crippen molar-refractivity contribution in [2.24, 2.45) is 5.41 Å². The van der Waals surface area contributed by atoms with E-state index in [2.05, 4.69) is 26.3 Å². The van der Waals surface area contributed by atoms with E-state index in [0.717, 1.165) is 24.2 Å². The van der Waals surface area contributed by atoms with E-state index < -0.39 is 28.9 Å². The summed E-state index contributed by atoms with van der Waals surface area (Å²) in [5.41, 5.74) is -0.298. The molecule has 4 amide bonds. The maximum absolute atomic E-state index is 15.3. The molecule has 0 atom stereocenters. The standard InChI is InChI=1S/C38H39F2N5O8S/c1-23(46)43-21-35(48)54-22-34(47)42-15-4-3-5-17-52-33-20-29-27(19-32(33)51-2)30(12-16-41-29)53-31-11-10-26(18-28(31)40)45-37(50)38(13-14-38)36(49)44-25-8-6-24(39)7-9-25/h6-12,16,18-20H,3-5,13-15,17,21-22H2,1-2H3,(H,42,47)(H,43,46)(H,44,49)(H,45,50). The van der Waals surface area contributed by atoms with Crippen LogP contribution in [0.2, 0.25) is 0 Å². The largest absolute Gasteiger partial charge is 0.493 e. The third-order valence-corrected chi connectivity index (χ3v) is 9.24. The van der Waals surface area contributed by atoms with Crippen molar-refractivity contribution in [2.45, 2.75) is 39.0 Å². The van der Waals surface area contributed by atoms with Gasteiger partial charge in [0.25, 0.3) is 0 Å². The summed E-state index contributed by atoms with van der Waals surface area (Å²) in [5, 5.41) is 10.7. The smallest absolute Gasteiger partial charge is 0.240 e. The third-order valence-electron chi connectivity index (χ3n) is 8.36. The highest BCUT2D eigenvalue weighted by molar-refractivity contribution is 8.14. The number of benzene rings is 3. The number of fused-ring (bicyclic) bond motifs is 1. The van der Waals surface area contributed by atoms with Crippen molar-refractivity contribution in [3.05, 3.63) is 78.5 Å². The van der Waals surface area contributed by atoms with E-state index in [9.17, 15) is 28.4 Å². The average molecular weight is 764 g/mol. The molecule has 13 nitrogen and oxygen atoms in total. The van der Waals surface area contributed by atoms with Crippen LogP contribution in [0.5, 0.6) is 23.0 Å². The fourth-order valence-corrected chi connectivity index (χ4v) is 5.81. The van der Waals surface area contributed by atoms with Crippen LogP contribution < -0.4 is 35.5 Å². The third kappa shape index (κ3) is 10.7. The summed E-state index contributed by atoms with van der Waals surface area (Å²) >= 11 is 0.851. The van der Waals surface area contributed by atoms with Crippen LogP contribution in [-0.4, -0.2) is 66.3 Å². The first-order valence-corrected chi connectivity index (χ1v) is 18.1. The van der Waals surface area contributed by atoms with Crippen molar-refractivity contribution in [3.8, 4) is 23.0 Å². The van der Waals surface area contributed by atoms with Gasteiger partial charge in [0.2, 0.25) is 28.7 Å². The van der Waals surface area contributed by atoms with Gasteiger partial charge in [0, 0.05) is 48.6 Å². The van der Waals surface area contributed by atoms with Gasteiger partial charge in [-0.3, -0.25) is 29.0 Å². The van der Waals surface area contributed by atoms with Crippen LogP contribution in [0.4, 0.5) is 20.2 Å². The zero-order valence-corrected chi connectivity index (χ0v) is 30.4. The molecule has 0 bridgehead atoms. The van der Waals surface area contributed by atoms with Crippen molar-refractivity contribution in [1.29, 1.82) is 0 Å². The molecule has 1 saturated carbocycles. The van der Waals surface area contributed by atoms with Crippen molar-refractivity contribution in [1.82, 2.24) is 15.6 Å². The highest BCUT2D eigenvalue weighted by Crippen LogP contribution is 2.47. The normalized spacial score (nSPS) is 12.7. The van der Waals surface area contributed by atoms with Gasteiger partial charge in [-0.05, 0) is 80.6 Å².